The van der Waals surface area contributed by atoms with Crippen LogP contribution < -0.4 is 10.5 Å². The quantitative estimate of drug-likeness (QED) is 0.673. The van der Waals surface area contributed by atoms with Crippen LogP contribution in [0.3, 0.4) is 0 Å². The summed E-state index contributed by atoms with van der Waals surface area (Å²) in [4.78, 5) is 7.39. The smallest absolute Gasteiger partial charge is 0.243 e. The molecule has 0 saturated heterocycles. The van der Waals surface area contributed by atoms with Gasteiger partial charge in [0.05, 0.1) is 12.4 Å². The summed E-state index contributed by atoms with van der Waals surface area (Å²) in [6, 6.07) is 0. The first-order valence-corrected chi connectivity index (χ1v) is 8.12. The predicted octanol–water partition coefficient (Wildman–Crippen LogP) is 1.70. The van der Waals surface area contributed by atoms with E-state index in [2.05, 4.69) is 21.6 Å². The molecular formula is C12H22N4O2S. The van der Waals surface area contributed by atoms with Gasteiger partial charge in [-0.3, -0.25) is 0 Å². The molecule has 0 aromatic carbocycles. The van der Waals surface area contributed by atoms with Crippen molar-refractivity contribution in [2.24, 2.45) is 0 Å². The zero-order valence-electron chi connectivity index (χ0n) is 11.3. The predicted molar refractivity (Wildman–Crippen MR) is 75.0 cm³/mol. The van der Waals surface area contributed by atoms with Crippen LogP contribution in [-0.4, -0.2) is 24.9 Å². The molecule has 1 aromatic heterocycles. The molecule has 1 aromatic rings. The lowest BCUT2D eigenvalue weighted by atomic mass is 10.1. The summed E-state index contributed by atoms with van der Waals surface area (Å²) >= 11 is 0. The van der Waals surface area contributed by atoms with Gasteiger partial charge in [0.15, 0.2) is 0 Å². The lowest BCUT2D eigenvalue weighted by Crippen LogP contribution is -2.25. The molecule has 0 amide bonds. The number of aromatic nitrogens is 2. The second kappa shape index (κ2) is 8.06. The number of rotatable bonds is 9. The summed E-state index contributed by atoms with van der Waals surface area (Å²) in [5, 5.41) is 0. The van der Waals surface area contributed by atoms with Crippen LogP contribution in [0.1, 0.15) is 45.4 Å². The van der Waals surface area contributed by atoms with E-state index in [0.717, 1.165) is 19.3 Å². The molecule has 0 atom stereocenters. The molecular weight excluding hydrogens is 264 g/mol. The number of nitrogens with zero attached hydrogens (tertiary/aromatic N) is 2. The van der Waals surface area contributed by atoms with E-state index < -0.39 is 10.0 Å². The van der Waals surface area contributed by atoms with Crippen molar-refractivity contribution in [2.75, 3.05) is 12.3 Å². The Labute approximate surface area is 114 Å². The molecule has 1 rings (SSSR count). The van der Waals surface area contributed by atoms with Crippen LogP contribution in [0, 0.1) is 0 Å². The van der Waals surface area contributed by atoms with Gasteiger partial charge in [0, 0.05) is 6.54 Å². The average molecular weight is 286 g/mol. The first-order chi connectivity index (χ1) is 9.06. The van der Waals surface area contributed by atoms with E-state index in [1.54, 1.807) is 0 Å². The molecule has 19 heavy (non-hydrogen) atoms. The maximum absolute atomic E-state index is 11.8. The van der Waals surface area contributed by atoms with Crippen molar-refractivity contribution in [1.29, 1.82) is 0 Å². The van der Waals surface area contributed by atoms with Crippen molar-refractivity contribution in [3.05, 3.63) is 12.4 Å². The number of anilines is 1. The Hall–Kier alpha value is -1.21. The third kappa shape index (κ3) is 5.98. The maximum Gasteiger partial charge on any atom is 0.243 e. The summed E-state index contributed by atoms with van der Waals surface area (Å²) in [6.45, 7) is 2.61. The van der Waals surface area contributed by atoms with E-state index in [0.29, 0.717) is 6.54 Å². The first-order valence-electron chi connectivity index (χ1n) is 6.63. The molecule has 0 spiro atoms. The highest BCUT2D eigenvalue weighted by molar-refractivity contribution is 7.89. The van der Waals surface area contributed by atoms with Crippen LogP contribution in [0.25, 0.3) is 0 Å². The molecule has 0 radical (unpaired) electrons. The minimum atomic E-state index is -3.51. The fourth-order valence-corrected chi connectivity index (χ4v) is 2.62. The van der Waals surface area contributed by atoms with E-state index in [1.165, 1.54) is 31.7 Å². The molecule has 0 aliphatic heterocycles. The van der Waals surface area contributed by atoms with Gasteiger partial charge in [-0.05, 0) is 6.42 Å². The molecule has 0 aliphatic rings. The van der Waals surface area contributed by atoms with Crippen LogP contribution >= 0.6 is 0 Å². The maximum atomic E-state index is 11.8. The lowest BCUT2D eigenvalue weighted by molar-refractivity contribution is 0.567. The summed E-state index contributed by atoms with van der Waals surface area (Å²) in [5.74, 6) is 0.0647. The topological polar surface area (TPSA) is 98.0 Å². The normalized spacial score (nSPS) is 11.6. The minimum Gasteiger partial charge on any atom is -0.368 e. The van der Waals surface area contributed by atoms with Crippen molar-refractivity contribution in [2.45, 2.75) is 50.3 Å². The van der Waals surface area contributed by atoms with Crippen LogP contribution in [0.15, 0.2) is 17.3 Å². The third-order valence-electron chi connectivity index (χ3n) is 2.78. The number of hydrogen-bond donors (Lipinski definition) is 2. The lowest BCUT2D eigenvalue weighted by Gasteiger charge is -2.06. The van der Waals surface area contributed by atoms with E-state index in [-0.39, 0.29) is 10.8 Å². The number of nitrogen functional groups attached to an aromatic ring is 1. The van der Waals surface area contributed by atoms with Crippen molar-refractivity contribution in [3.8, 4) is 0 Å². The highest BCUT2D eigenvalue weighted by Gasteiger charge is 2.13. The van der Waals surface area contributed by atoms with Gasteiger partial charge >= 0.3 is 0 Å². The Kier molecular flexibility index (Phi) is 6.72. The molecule has 7 heteroatoms. The monoisotopic (exact) mass is 286 g/mol. The first kappa shape index (κ1) is 15.8. The van der Waals surface area contributed by atoms with Crippen LogP contribution in [-0.2, 0) is 10.0 Å². The zero-order chi connectivity index (χ0) is 14.1. The number of sulfonamides is 1. The molecule has 3 N–H and O–H groups in total. The van der Waals surface area contributed by atoms with E-state index in [4.69, 9.17) is 5.73 Å². The molecule has 0 fully saturated rings. The van der Waals surface area contributed by atoms with Gasteiger partial charge in [-0.25, -0.2) is 23.1 Å². The van der Waals surface area contributed by atoms with Crippen molar-refractivity contribution < 1.29 is 8.42 Å². The highest BCUT2D eigenvalue weighted by atomic mass is 32.2. The third-order valence-corrected chi connectivity index (χ3v) is 4.20. The van der Waals surface area contributed by atoms with E-state index in [9.17, 15) is 8.42 Å². The molecule has 1 heterocycles. The fourth-order valence-electron chi connectivity index (χ4n) is 1.66. The number of nitrogens with one attached hydrogen (secondary N) is 1. The van der Waals surface area contributed by atoms with Crippen LogP contribution in [0.2, 0.25) is 0 Å². The second-order valence-electron chi connectivity index (χ2n) is 4.44. The number of hydrogen-bond acceptors (Lipinski definition) is 5. The summed E-state index contributed by atoms with van der Waals surface area (Å²) in [5.41, 5.74) is 5.31. The Bertz CT molecular complexity index is 459. The standard InChI is InChI=1S/C12H22N4O2S/c1-2-3-4-5-6-7-8-16-19(17,18)11-9-14-12(13)15-10-11/h9-10,16H,2-8H2,1H3,(H2,13,14,15). The second-order valence-corrected chi connectivity index (χ2v) is 6.21. The van der Waals surface area contributed by atoms with Gasteiger partial charge in [0.25, 0.3) is 0 Å². The van der Waals surface area contributed by atoms with Gasteiger partial charge in [-0.2, -0.15) is 0 Å². The van der Waals surface area contributed by atoms with E-state index in [1.807, 2.05) is 0 Å². The Morgan fingerprint density at radius 2 is 1.68 bits per heavy atom. The molecule has 6 nitrogen and oxygen atoms in total. The van der Waals surface area contributed by atoms with E-state index >= 15 is 0 Å². The van der Waals surface area contributed by atoms with Gasteiger partial charge in [0.1, 0.15) is 4.90 Å². The van der Waals surface area contributed by atoms with Crippen LogP contribution in [0.4, 0.5) is 5.95 Å². The van der Waals surface area contributed by atoms with Gasteiger partial charge in [-0.15, -0.1) is 0 Å². The van der Waals surface area contributed by atoms with Gasteiger partial charge in [-0.1, -0.05) is 39.0 Å². The van der Waals surface area contributed by atoms with Crippen molar-refractivity contribution in [1.82, 2.24) is 14.7 Å². The van der Waals surface area contributed by atoms with Crippen LogP contribution in [0.5, 0.6) is 0 Å². The zero-order valence-corrected chi connectivity index (χ0v) is 12.1. The van der Waals surface area contributed by atoms with Gasteiger partial charge in [0.2, 0.25) is 16.0 Å². The van der Waals surface area contributed by atoms with Crippen molar-refractivity contribution >= 4 is 16.0 Å². The molecule has 0 unspecified atom stereocenters. The Morgan fingerprint density at radius 1 is 1.11 bits per heavy atom. The minimum absolute atomic E-state index is 0.0488. The SMILES string of the molecule is CCCCCCCCNS(=O)(=O)c1cnc(N)nc1. The summed E-state index contributed by atoms with van der Waals surface area (Å²) < 4.78 is 26.2. The van der Waals surface area contributed by atoms with Crippen molar-refractivity contribution in [3.63, 3.8) is 0 Å². The highest BCUT2D eigenvalue weighted by Crippen LogP contribution is 2.07. The molecule has 0 aliphatic carbocycles. The Balaban J connectivity index is 2.29. The average Bonchev–Trinajstić information content (AvgIpc) is 2.38. The molecule has 108 valence electrons. The fraction of sp³-hybridized carbons (Fsp3) is 0.667. The number of nitrogens with two attached hydrogens (primary N) is 1. The Morgan fingerprint density at radius 3 is 2.32 bits per heavy atom. The summed E-state index contributed by atoms with van der Waals surface area (Å²) in [6.07, 6.45) is 9.14. The largest absolute Gasteiger partial charge is 0.368 e. The van der Waals surface area contributed by atoms with Gasteiger partial charge < -0.3 is 5.73 Å². The molecule has 0 bridgehead atoms. The number of unbranched alkanes of at least 4 members (excludes halogenated alkanes) is 5. The molecule has 0 saturated carbocycles. The summed E-state index contributed by atoms with van der Waals surface area (Å²) in [7, 11) is -3.51.